The lowest BCUT2D eigenvalue weighted by molar-refractivity contribution is 0.513. The molecule has 1 aromatic carbocycles. The molecule has 0 aliphatic carbocycles. The third kappa shape index (κ3) is 2.23. The van der Waals surface area contributed by atoms with Crippen molar-refractivity contribution in [1.29, 1.82) is 5.26 Å². The molecule has 0 radical (unpaired) electrons. The zero-order valence-corrected chi connectivity index (χ0v) is 9.96. The maximum absolute atomic E-state index is 10.2. The number of pyridine rings is 1. The van der Waals surface area contributed by atoms with E-state index in [0.29, 0.717) is 16.8 Å². The molecule has 0 fully saturated rings. The molecule has 3 nitrogen and oxygen atoms in total. The average molecular weight is 236 g/mol. The Hall–Kier alpha value is -2.60. The van der Waals surface area contributed by atoms with Gasteiger partial charge < -0.3 is 5.11 Å². The Morgan fingerprint density at radius 1 is 1.17 bits per heavy atom. The second-order valence-corrected chi connectivity index (χ2v) is 3.84. The van der Waals surface area contributed by atoms with Gasteiger partial charge in [0.2, 0.25) is 0 Å². The summed E-state index contributed by atoms with van der Waals surface area (Å²) in [5.41, 5.74) is 2.23. The van der Waals surface area contributed by atoms with Crippen molar-refractivity contribution < 1.29 is 5.11 Å². The zero-order valence-electron chi connectivity index (χ0n) is 9.96. The molecule has 1 heterocycles. The molecule has 0 aliphatic heterocycles. The molecule has 88 valence electrons. The molecule has 0 saturated heterocycles. The van der Waals surface area contributed by atoms with Crippen LogP contribution in [0.2, 0.25) is 0 Å². The highest BCUT2D eigenvalue weighted by Crippen LogP contribution is 2.24. The van der Waals surface area contributed by atoms with E-state index in [1.807, 2.05) is 24.3 Å². The number of aliphatic hydroxyl groups is 1. The van der Waals surface area contributed by atoms with Crippen LogP contribution in [0.25, 0.3) is 11.3 Å². The average Bonchev–Trinajstić information content (AvgIpc) is 2.41. The van der Waals surface area contributed by atoms with E-state index in [-0.39, 0.29) is 11.3 Å². The van der Waals surface area contributed by atoms with Crippen molar-refractivity contribution in [3.05, 3.63) is 65.5 Å². The lowest BCUT2D eigenvalue weighted by Crippen LogP contribution is -1.94. The fourth-order valence-electron chi connectivity index (χ4n) is 1.73. The van der Waals surface area contributed by atoms with Gasteiger partial charge >= 0.3 is 0 Å². The number of hydrogen-bond donors (Lipinski definition) is 1. The molecule has 2 aromatic rings. The minimum Gasteiger partial charge on any atom is -0.506 e. The Balaban J connectivity index is 2.59. The largest absolute Gasteiger partial charge is 0.506 e. The number of nitriles is 1. The molecule has 0 atom stereocenters. The third-order valence-electron chi connectivity index (χ3n) is 2.67. The van der Waals surface area contributed by atoms with Gasteiger partial charge in [0.1, 0.15) is 17.4 Å². The molecule has 0 amide bonds. The molecule has 2 rings (SSSR count). The second-order valence-electron chi connectivity index (χ2n) is 3.84. The first-order valence-electron chi connectivity index (χ1n) is 5.55. The number of allylic oxidation sites excluding steroid dienone is 1. The van der Waals surface area contributed by atoms with Crippen LogP contribution in [0.1, 0.15) is 16.8 Å². The van der Waals surface area contributed by atoms with Gasteiger partial charge in [0.15, 0.2) is 0 Å². The summed E-state index contributed by atoms with van der Waals surface area (Å²) in [6.45, 7) is 1.80. The van der Waals surface area contributed by atoms with Crippen LogP contribution in [-0.2, 0) is 0 Å². The monoisotopic (exact) mass is 236 g/mol. The van der Waals surface area contributed by atoms with E-state index in [9.17, 15) is 10.4 Å². The minimum absolute atomic E-state index is 0.0331. The summed E-state index contributed by atoms with van der Waals surface area (Å²) in [6, 6.07) is 14.6. The van der Waals surface area contributed by atoms with Crippen molar-refractivity contribution in [3.8, 4) is 6.07 Å². The van der Waals surface area contributed by atoms with Gasteiger partial charge in [-0.25, -0.2) is 0 Å². The van der Waals surface area contributed by atoms with Crippen LogP contribution in [0.3, 0.4) is 0 Å². The Bertz CT molecular complexity index is 624. The lowest BCUT2D eigenvalue weighted by atomic mass is 10.0. The zero-order chi connectivity index (χ0) is 13.0. The van der Waals surface area contributed by atoms with Gasteiger partial charge in [0.25, 0.3) is 0 Å². The quantitative estimate of drug-likeness (QED) is 0.642. The molecule has 1 aromatic heterocycles. The Morgan fingerprint density at radius 3 is 2.50 bits per heavy atom. The van der Waals surface area contributed by atoms with Gasteiger partial charge in [-0.3, -0.25) is 4.98 Å². The van der Waals surface area contributed by atoms with E-state index in [1.54, 1.807) is 37.4 Å². The Kier molecular flexibility index (Phi) is 3.40. The molecule has 0 spiro atoms. The first kappa shape index (κ1) is 11.9. The first-order valence-corrected chi connectivity index (χ1v) is 5.55. The number of hydrogen-bond acceptors (Lipinski definition) is 3. The van der Waals surface area contributed by atoms with Crippen molar-refractivity contribution in [2.75, 3.05) is 0 Å². The number of rotatable bonds is 2. The van der Waals surface area contributed by atoms with Crippen LogP contribution >= 0.6 is 0 Å². The van der Waals surface area contributed by atoms with Crippen LogP contribution in [0.15, 0.2) is 48.7 Å². The van der Waals surface area contributed by atoms with E-state index in [2.05, 4.69) is 4.98 Å². The molecule has 0 saturated carbocycles. The van der Waals surface area contributed by atoms with E-state index in [1.165, 1.54) is 0 Å². The molecular weight excluding hydrogens is 224 g/mol. The number of aliphatic hydroxyl groups excluding tert-OH is 1. The van der Waals surface area contributed by atoms with Crippen LogP contribution in [-0.4, -0.2) is 10.1 Å². The highest BCUT2D eigenvalue weighted by Gasteiger charge is 2.12. The summed E-state index contributed by atoms with van der Waals surface area (Å²) in [5, 5.41) is 19.4. The van der Waals surface area contributed by atoms with Crippen molar-refractivity contribution >= 4 is 11.3 Å². The van der Waals surface area contributed by atoms with E-state index in [4.69, 9.17) is 0 Å². The van der Waals surface area contributed by atoms with Gasteiger partial charge in [-0.15, -0.1) is 0 Å². The van der Waals surface area contributed by atoms with Crippen LogP contribution < -0.4 is 0 Å². The summed E-state index contributed by atoms with van der Waals surface area (Å²) >= 11 is 0. The predicted octanol–water partition coefficient (Wildman–Crippen LogP) is 3.34. The van der Waals surface area contributed by atoms with Crippen molar-refractivity contribution in [1.82, 2.24) is 4.98 Å². The molecule has 0 aliphatic rings. The van der Waals surface area contributed by atoms with Gasteiger partial charge in [0, 0.05) is 17.5 Å². The molecule has 18 heavy (non-hydrogen) atoms. The van der Waals surface area contributed by atoms with Crippen molar-refractivity contribution in [2.45, 2.75) is 6.92 Å². The highest BCUT2D eigenvalue weighted by atomic mass is 16.3. The van der Waals surface area contributed by atoms with Crippen molar-refractivity contribution in [2.24, 2.45) is 0 Å². The van der Waals surface area contributed by atoms with Gasteiger partial charge in [-0.05, 0) is 24.6 Å². The maximum Gasteiger partial charge on any atom is 0.142 e. The van der Waals surface area contributed by atoms with Crippen LogP contribution in [0.5, 0.6) is 0 Å². The third-order valence-corrected chi connectivity index (χ3v) is 2.67. The standard InChI is InChI=1S/C15H12N2O/c1-11-13(8-5-9-17-11)15(18)14(10-16)12-6-3-2-4-7-12/h2-9,18H,1H3/b15-14+. The van der Waals surface area contributed by atoms with Gasteiger partial charge in [0.05, 0.1) is 0 Å². The summed E-state index contributed by atoms with van der Waals surface area (Å²) in [4.78, 5) is 4.11. The summed E-state index contributed by atoms with van der Waals surface area (Å²) in [6.07, 6.45) is 1.65. The second kappa shape index (κ2) is 5.15. The fourth-order valence-corrected chi connectivity index (χ4v) is 1.73. The number of benzene rings is 1. The van der Waals surface area contributed by atoms with E-state index in [0.717, 1.165) is 0 Å². The maximum atomic E-state index is 10.2. The minimum atomic E-state index is -0.0331. The SMILES string of the molecule is Cc1ncccc1/C(O)=C(/C#N)c1ccccc1. The summed E-state index contributed by atoms with van der Waals surface area (Å²) < 4.78 is 0. The number of aromatic nitrogens is 1. The molecule has 0 bridgehead atoms. The Labute approximate surface area is 106 Å². The first-order chi connectivity index (χ1) is 8.74. The molecule has 0 unspecified atom stereocenters. The van der Waals surface area contributed by atoms with E-state index < -0.39 is 0 Å². The lowest BCUT2D eigenvalue weighted by Gasteiger charge is -2.06. The molecular formula is C15H12N2O. The topological polar surface area (TPSA) is 56.9 Å². The van der Waals surface area contributed by atoms with Gasteiger partial charge in [-0.1, -0.05) is 30.3 Å². The highest BCUT2D eigenvalue weighted by molar-refractivity contribution is 5.94. The fraction of sp³-hybridized carbons (Fsp3) is 0.0667. The van der Waals surface area contributed by atoms with Crippen LogP contribution in [0.4, 0.5) is 0 Å². The van der Waals surface area contributed by atoms with E-state index >= 15 is 0 Å². The summed E-state index contributed by atoms with van der Waals surface area (Å²) in [5.74, 6) is -0.0331. The predicted molar refractivity (Wildman–Crippen MR) is 70.5 cm³/mol. The number of aryl methyl sites for hydroxylation is 1. The molecule has 1 N–H and O–H groups in total. The van der Waals surface area contributed by atoms with Crippen LogP contribution in [0, 0.1) is 18.3 Å². The van der Waals surface area contributed by atoms with Crippen molar-refractivity contribution in [3.63, 3.8) is 0 Å². The Morgan fingerprint density at radius 2 is 1.89 bits per heavy atom. The normalized spacial score (nSPS) is 11.6. The molecule has 3 heteroatoms. The number of nitrogens with zero attached hydrogens (tertiary/aromatic N) is 2. The smallest absolute Gasteiger partial charge is 0.142 e. The summed E-state index contributed by atoms with van der Waals surface area (Å²) in [7, 11) is 0. The van der Waals surface area contributed by atoms with Gasteiger partial charge in [-0.2, -0.15) is 5.26 Å².